The fraction of sp³-hybridized carbons (Fsp3) is 0.233. The third-order valence-corrected chi connectivity index (χ3v) is 8.85. The second kappa shape index (κ2) is 17.9. The van der Waals surface area contributed by atoms with Gasteiger partial charge in [0.1, 0.15) is 34.5 Å². The summed E-state index contributed by atoms with van der Waals surface area (Å²) in [6.45, 7) is 14.1. The number of hydrogen-bond acceptors (Lipinski definition) is 10. The van der Waals surface area contributed by atoms with Crippen molar-refractivity contribution in [1.82, 2.24) is 19.6 Å². The van der Waals surface area contributed by atoms with Gasteiger partial charge in [0.25, 0.3) is 0 Å². The molecule has 0 aliphatic rings. The van der Waals surface area contributed by atoms with E-state index in [1.54, 1.807) is 25.1 Å². The molecule has 2 heterocycles. The largest absolute Gasteiger partial charge is 0.506 e. The van der Waals surface area contributed by atoms with Crippen LogP contribution in [-0.4, -0.2) is 65.5 Å². The van der Waals surface area contributed by atoms with Crippen LogP contribution in [0.3, 0.4) is 0 Å². The average Bonchev–Trinajstić information content (AvgIpc) is 3.64. The maximum atomic E-state index is 13.2. The first-order valence-corrected chi connectivity index (χ1v) is 17.7. The number of carbonyl (C=O) groups excluding carboxylic acids is 1. The van der Waals surface area contributed by atoms with Crippen molar-refractivity contribution >= 4 is 29.8 Å². The van der Waals surface area contributed by atoms with E-state index in [0.717, 1.165) is 15.8 Å². The molecular weight excluding hydrogens is 793 g/mol. The molecule has 0 amide bonds. The number of aliphatic imine (C=N–C) groups is 2. The van der Waals surface area contributed by atoms with E-state index in [4.69, 9.17) is 4.74 Å². The maximum absolute atomic E-state index is 13.2. The molecule has 0 unspecified atom stereocenters. The topological polar surface area (TPSA) is 168 Å². The zero-order valence-corrected chi connectivity index (χ0v) is 34.2. The van der Waals surface area contributed by atoms with E-state index in [1.807, 2.05) is 32.9 Å². The van der Waals surface area contributed by atoms with Crippen molar-refractivity contribution in [1.29, 1.82) is 0 Å². The number of aromatic nitrogens is 4. The molecule has 0 aliphatic carbocycles. The standard InChI is InChI=1S/C22H22FN3O4.C21H22FN3O2.Co/c1-22(2,3)13-5-10-18(27)17(11-13)24-12-16-19(21(29)30-4)25-26(20(16)28)15-8-6-14(23)7-9-15;1-13-17(20(27)25(24-13)16-8-6-15(22)7-9-16)12-23-18-11-14(21(2,3)4)5-10-19(18)26;/h5-12,27-28H,1-4H3;5-12,26-27H,1-4H3;. The first-order valence-electron chi connectivity index (χ1n) is 17.7. The summed E-state index contributed by atoms with van der Waals surface area (Å²) >= 11 is 0. The van der Waals surface area contributed by atoms with Crippen molar-refractivity contribution in [3.05, 3.63) is 130 Å². The molecule has 0 atom stereocenters. The second-order valence-corrected chi connectivity index (χ2v) is 15.1. The molecule has 0 spiro atoms. The fourth-order valence-electron chi connectivity index (χ4n) is 5.45. The van der Waals surface area contributed by atoms with Gasteiger partial charge in [-0.05, 0) is 102 Å². The molecular formula is C43H44CoF2N6O6. The molecule has 0 aliphatic heterocycles. The number of nitrogens with zero attached hydrogens (tertiary/aromatic N) is 6. The summed E-state index contributed by atoms with van der Waals surface area (Å²) in [4.78, 5) is 20.8. The van der Waals surface area contributed by atoms with Crippen molar-refractivity contribution in [3.63, 3.8) is 0 Å². The van der Waals surface area contributed by atoms with Crippen LogP contribution in [0.5, 0.6) is 23.3 Å². The number of methoxy groups -OCH3 is 1. The summed E-state index contributed by atoms with van der Waals surface area (Å²) < 4.78 is 33.5. The molecule has 2 aromatic heterocycles. The number of esters is 1. The van der Waals surface area contributed by atoms with Crippen molar-refractivity contribution in [2.75, 3.05) is 7.11 Å². The van der Waals surface area contributed by atoms with Gasteiger partial charge in [0.05, 0.1) is 35.3 Å². The molecule has 4 N–H and O–H groups in total. The van der Waals surface area contributed by atoms with Crippen LogP contribution >= 0.6 is 0 Å². The first kappa shape index (κ1) is 44.4. The Morgan fingerprint density at radius 2 is 1.05 bits per heavy atom. The van der Waals surface area contributed by atoms with Crippen molar-refractivity contribution in [2.45, 2.75) is 59.3 Å². The number of phenolic OH excluding ortho intramolecular Hbond substituents is 2. The third-order valence-electron chi connectivity index (χ3n) is 8.85. The van der Waals surface area contributed by atoms with Crippen LogP contribution in [0.1, 0.15) is 80.0 Å². The zero-order chi connectivity index (χ0) is 41.8. The van der Waals surface area contributed by atoms with Crippen LogP contribution in [0.25, 0.3) is 11.4 Å². The SMILES string of the molecule is COC(=O)c1nn(-c2ccc(F)cc2)c(O)c1C=Nc1cc(C(C)(C)C)ccc1O.Cc1nn(-c2ccc(F)cc2)c(O)c1C=Nc1cc(C(C)(C)C)ccc1O.[Co]. The van der Waals surface area contributed by atoms with E-state index >= 15 is 0 Å². The summed E-state index contributed by atoms with van der Waals surface area (Å²) in [7, 11) is 1.19. The smallest absolute Gasteiger partial charge is 0.359 e. The molecule has 12 nitrogen and oxygen atoms in total. The molecule has 0 saturated carbocycles. The number of aryl methyl sites for hydroxylation is 1. The molecule has 0 bridgehead atoms. The van der Waals surface area contributed by atoms with Gasteiger partial charge >= 0.3 is 5.97 Å². The summed E-state index contributed by atoms with van der Waals surface area (Å²) in [5.74, 6) is -2.06. The Morgan fingerprint density at radius 3 is 1.47 bits per heavy atom. The number of carbonyl (C=O) groups is 1. The number of hydrogen-bond donors (Lipinski definition) is 4. The minimum absolute atomic E-state index is 0. The van der Waals surface area contributed by atoms with E-state index in [9.17, 15) is 34.0 Å². The summed E-state index contributed by atoms with van der Waals surface area (Å²) in [5.41, 5.74) is 4.14. The molecule has 4 aromatic carbocycles. The van der Waals surface area contributed by atoms with Crippen LogP contribution in [0.15, 0.2) is 94.9 Å². The normalized spacial score (nSPS) is 11.7. The predicted molar refractivity (Wildman–Crippen MR) is 215 cm³/mol. The van der Waals surface area contributed by atoms with Gasteiger partial charge in [0.15, 0.2) is 5.69 Å². The molecule has 58 heavy (non-hydrogen) atoms. The van der Waals surface area contributed by atoms with Gasteiger partial charge in [-0.25, -0.2) is 18.3 Å². The second-order valence-electron chi connectivity index (χ2n) is 15.1. The molecule has 0 fully saturated rings. The number of phenols is 2. The Bertz CT molecular complexity index is 2460. The number of benzene rings is 4. The number of rotatable bonds is 7. The van der Waals surface area contributed by atoms with Gasteiger partial charge in [0.2, 0.25) is 11.8 Å². The van der Waals surface area contributed by atoms with Crippen molar-refractivity contribution in [3.8, 4) is 34.6 Å². The first-order chi connectivity index (χ1) is 26.8. The molecule has 0 saturated heterocycles. The minimum Gasteiger partial charge on any atom is -0.506 e. The number of ether oxygens (including phenoxy) is 1. The van der Waals surface area contributed by atoms with Gasteiger partial charge in [-0.1, -0.05) is 53.7 Å². The number of halogens is 2. The van der Waals surface area contributed by atoms with Crippen LogP contribution < -0.4 is 0 Å². The average molecular weight is 838 g/mol. The molecule has 15 heteroatoms. The zero-order valence-electron chi connectivity index (χ0n) is 33.1. The van der Waals surface area contributed by atoms with Crippen LogP contribution in [0, 0.1) is 18.6 Å². The fourth-order valence-corrected chi connectivity index (χ4v) is 5.45. The predicted octanol–water partition coefficient (Wildman–Crippen LogP) is 9.03. The van der Waals surface area contributed by atoms with Gasteiger partial charge in [-0.2, -0.15) is 14.9 Å². The van der Waals surface area contributed by atoms with E-state index < -0.39 is 11.8 Å². The van der Waals surface area contributed by atoms with Crippen LogP contribution in [0.2, 0.25) is 0 Å². The van der Waals surface area contributed by atoms with E-state index in [-0.39, 0.29) is 73.6 Å². The molecule has 1 radical (unpaired) electrons. The molecule has 6 aromatic rings. The quantitative estimate of drug-likeness (QED) is 0.0913. The van der Waals surface area contributed by atoms with E-state index in [0.29, 0.717) is 28.3 Å². The maximum Gasteiger partial charge on any atom is 0.359 e. The van der Waals surface area contributed by atoms with E-state index in [2.05, 4.69) is 41.0 Å². The molecule has 6 rings (SSSR count). The third kappa shape index (κ3) is 10.2. The van der Waals surface area contributed by atoms with Crippen LogP contribution in [-0.2, 0) is 32.3 Å². The summed E-state index contributed by atoms with van der Waals surface area (Å²) in [6.07, 6.45) is 2.70. The van der Waals surface area contributed by atoms with Gasteiger partial charge in [-0.3, -0.25) is 9.98 Å². The number of aromatic hydroxyl groups is 4. The summed E-state index contributed by atoms with van der Waals surface area (Å²) in [5, 5.41) is 49.8. The van der Waals surface area contributed by atoms with Gasteiger partial charge in [0, 0.05) is 29.2 Å². The van der Waals surface area contributed by atoms with Crippen LogP contribution in [0.4, 0.5) is 20.2 Å². The molecule has 305 valence electrons. The Balaban J connectivity index is 0.000000254. The minimum atomic E-state index is -0.778. The monoisotopic (exact) mass is 837 g/mol. The Kier molecular flexibility index (Phi) is 13.7. The van der Waals surface area contributed by atoms with E-state index in [1.165, 1.54) is 78.8 Å². The Morgan fingerprint density at radius 1 is 0.655 bits per heavy atom. The summed E-state index contributed by atoms with van der Waals surface area (Å²) in [6, 6.07) is 21.3. The Hall–Kier alpha value is -6.32. The van der Waals surface area contributed by atoms with Crippen molar-refractivity contribution < 1.29 is 55.5 Å². The Labute approximate surface area is 345 Å². The van der Waals surface area contributed by atoms with Gasteiger partial charge < -0.3 is 25.2 Å². The van der Waals surface area contributed by atoms with Crippen molar-refractivity contribution in [2.24, 2.45) is 9.98 Å². The van der Waals surface area contributed by atoms with Gasteiger partial charge in [-0.15, -0.1) is 0 Å².